The molecule has 108 valence electrons. The van der Waals surface area contributed by atoms with Crippen LogP contribution in [-0.4, -0.2) is 93.3 Å². The average molecular weight is 290 g/mol. The van der Waals surface area contributed by atoms with Crippen LogP contribution >= 0.6 is 0 Å². The van der Waals surface area contributed by atoms with Crippen LogP contribution in [0.15, 0.2) is 0 Å². The monoisotopic (exact) mass is 290 g/mol. The second-order valence-corrected chi connectivity index (χ2v) is 10.3. The van der Waals surface area contributed by atoms with E-state index in [0.717, 1.165) is 26.3 Å². The van der Waals surface area contributed by atoms with Crippen LogP contribution in [0, 0.1) is 0 Å². The Hall–Kier alpha value is 0.905. The van der Waals surface area contributed by atoms with E-state index in [0.29, 0.717) is 0 Å². The summed E-state index contributed by atoms with van der Waals surface area (Å²) in [4.78, 5) is 4.27. The molecule has 0 spiro atoms. The number of likely N-dealkylation sites (N-methyl/N-ethyl adjacent to an activating group) is 2. The molecule has 0 saturated carbocycles. The summed E-state index contributed by atoms with van der Waals surface area (Å²) in [5.41, 5.74) is 0. The Balaban J connectivity index is 0. The van der Waals surface area contributed by atoms with Crippen LogP contribution < -0.4 is 0 Å². The van der Waals surface area contributed by atoms with E-state index in [9.17, 15) is 0 Å². The molecule has 4 nitrogen and oxygen atoms in total. The molecule has 0 radical (unpaired) electrons. The van der Waals surface area contributed by atoms with Gasteiger partial charge in [0.05, 0.1) is 0 Å². The fourth-order valence-electron chi connectivity index (χ4n) is 0.942. The van der Waals surface area contributed by atoms with Gasteiger partial charge < -0.3 is 17.4 Å². The van der Waals surface area contributed by atoms with Crippen LogP contribution in [0.1, 0.15) is 0 Å². The van der Waals surface area contributed by atoms with Gasteiger partial charge in [-0.2, -0.15) is 0 Å². The van der Waals surface area contributed by atoms with Crippen molar-refractivity contribution in [1.82, 2.24) is 9.80 Å². The van der Waals surface area contributed by atoms with Gasteiger partial charge in [0, 0.05) is 26.3 Å². The molecule has 0 bridgehead atoms. The lowest BCUT2D eigenvalue weighted by Crippen LogP contribution is -2.21. The van der Waals surface area contributed by atoms with Crippen molar-refractivity contribution < 1.29 is 7.58 Å². The topological polar surface area (TPSA) is 24.9 Å². The molecule has 0 fully saturated rings. The highest BCUT2D eigenvalue weighted by molar-refractivity contribution is 6.48. The van der Waals surface area contributed by atoms with E-state index in [-0.39, 0.29) is 0 Å². The minimum absolute atomic E-state index is 0.756. The summed E-state index contributed by atoms with van der Waals surface area (Å²) in [6.07, 6.45) is 0. The highest BCUT2D eigenvalue weighted by Gasteiger charge is 2.02. The normalized spacial score (nSPS) is 10.3. The molecule has 0 aliphatic carbocycles. The zero-order valence-electron chi connectivity index (χ0n) is 13.7. The van der Waals surface area contributed by atoms with Gasteiger partial charge in [-0.05, 0) is 28.2 Å². The van der Waals surface area contributed by atoms with Crippen molar-refractivity contribution in [3.8, 4) is 0 Å². The van der Waals surface area contributed by atoms with Crippen LogP contribution in [-0.2, 0) is 7.58 Å². The molecule has 0 atom stereocenters. The number of rotatable bonds is 8. The van der Waals surface area contributed by atoms with Gasteiger partial charge in [-0.25, -0.2) is 0 Å². The van der Waals surface area contributed by atoms with Gasteiger partial charge in [0.2, 0.25) is 0 Å². The molecule has 0 saturated heterocycles. The second-order valence-electron chi connectivity index (χ2n) is 5.45. The molecule has 0 N–H and O–H groups in total. The van der Waals surface area contributed by atoms with Gasteiger partial charge in [-0.3, -0.25) is 0 Å². The van der Waals surface area contributed by atoms with Crippen LogP contribution in [0.4, 0.5) is 0 Å². The van der Waals surface area contributed by atoms with Crippen molar-refractivity contribution in [2.45, 2.75) is 23.1 Å². The van der Waals surface area contributed by atoms with E-state index >= 15 is 0 Å². The van der Waals surface area contributed by atoms with Gasteiger partial charge in [0.25, 0.3) is 0 Å². The maximum Gasteiger partial charge on any atom is 0.454 e. The quantitative estimate of drug-likeness (QED) is 0.634. The zero-order chi connectivity index (χ0) is 14.6. The molecule has 0 unspecified atom stereocenters. The standard InChI is InChI=1S/2C4H10NO.4CH3.2Al/c2*1-5(2)3-4-6;;;;;;/h2*3-4H2,1-2H3;4*1H3;;/q2*-1;;;;;2*+1. The molecule has 0 rings (SSSR count). The van der Waals surface area contributed by atoms with Crippen molar-refractivity contribution in [3.63, 3.8) is 0 Å². The first-order valence-electron chi connectivity index (χ1n) is 6.78. The molecule has 0 aromatic rings. The maximum atomic E-state index is 5.45. The molecule has 18 heavy (non-hydrogen) atoms. The minimum Gasteiger partial charge on any atom is -0.500 e. The van der Waals surface area contributed by atoms with Crippen molar-refractivity contribution >= 4 is 29.0 Å². The predicted octanol–water partition coefficient (Wildman–Crippen LogP) is 1.63. The smallest absolute Gasteiger partial charge is 0.454 e. The Morgan fingerprint density at radius 3 is 1.11 bits per heavy atom. The number of nitrogens with zero attached hydrogens (tertiary/aromatic N) is 2. The first-order valence-corrected chi connectivity index (χ1v) is 12.3. The highest BCUT2D eigenvalue weighted by Crippen LogP contribution is 1.84. The minimum atomic E-state index is -0.756. The zero-order valence-corrected chi connectivity index (χ0v) is 16.0. The second kappa shape index (κ2) is 14.3. The average Bonchev–Trinajstić information content (AvgIpc) is 2.15. The van der Waals surface area contributed by atoms with E-state index in [1.54, 1.807) is 0 Å². The SMILES string of the molecule is CN(C)CC[O][Al]([CH3])[CH3].CN(C)CC[O][Al]([CH3])[CH3]. The van der Waals surface area contributed by atoms with Gasteiger partial charge in [0.15, 0.2) is 0 Å². The van der Waals surface area contributed by atoms with Crippen molar-refractivity contribution in [3.05, 3.63) is 0 Å². The fourth-order valence-corrected chi connectivity index (χ4v) is 2.10. The van der Waals surface area contributed by atoms with E-state index in [1.165, 1.54) is 0 Å². The Morgan fingerprint density at radius 1 is 0.667 bits per heavy atom. The predicted molar refractivity (Wildman–Crippen MR) is 84.0 cm³/mol. The molecular weight excluding hydrogens is 258 g/mol. The Morgan fingerprint density at radius 2 is 0.944 bits per heavy atom. The molecule has 6 heteroatoms. The van der Waals surface area contributed by atoms with Gasteiger partial charge in [0.1, 0.15) is 0 Å². The summed E-state index contributed by atoms with van der Waals surface area (Å²) in [6.45, 7) is 3.89. The molecule has 0 aromatic heterocycles. The summed E-state index contributed by atoms with van der Waals surface area (Å²) < 4.78 is 10.9. The first-order chi connectivity index (χ1) is 8.25. The number of hydrogen-bond acceptors (Lipinski definition) is 4. The van der Waals surface area contributed by atoms with E-state index in [1.807, 2.05) is 0 Å². The lowest BCUT2D eigenvalue weighted by atomic mass is 10.6. The van der Waals surface area contributed by atoms with E-state index < -0.39 is 29.0 Å². The van der Waals surface area contributed by atoms with Gasteiger partial charge in [-0.1, -0.05) is 23.1 Å². The maximum absolute atomic E-state index is 5.45. The third-order valence-corrected chi connectivity index (χ3v) is 3.78. The fraction of sp³-hybridized carbons (Fsp3) is 1.00. The lowest BCUT2D eigenvalue weighted by molar-refractivity contribution is 0.265. The summed E-state index contributed by atoms with van der Waals surface area (Å²) >= 11 is -1.51. The lowest BCUT2D eigenvalue weighted by Gasteiger charge is -2.10. The van der Waals surface area contributed by atoms with Crippen LogP contribution in [0.5, 0.6) is 0 Å². The summed E-state index contributed by atoms with van der Waals surface area (Å²) in [5.74, 6) is 8.76. The van der Waals surface area contributed by atoms with Crippen LogP contribution in [0.25, 0.3) is 0 Å². The Labute approximate surface area is 124 Å². The third-order valence-electron chi connectivity index (χ3n) is 1.98. The van der Waals surface area contributed by atoms with Crippen LogP contribution in [0.3, 0.4) is 0 Å². The molecule has 0 aromatic carbocycles. The van der Waals surface area contributed by atoms with Gasteiger partial charge in [-0.15, -0.1) is 0 Å². The van der Waals surface area contributed by atoms with E-state index in [2.05, 4.69) is 61.1 Å². The largest absolute Gasteiger partial charge is 0.500 e. The van der Waals surface area contributed by atoms with Crippen molar-refractivity contribution in [2.24, 2.45) is 0 Å². The Bertz CT molecular complexity index is 134. The molecule has 0 amide bonds. The molecule has 0 heterocycles. The first kappa shape index (κ1) is 21.2. The highest BCUT2D eigenvalue weighted by atomic mass is 27.2. The van der Waals surface area contributed by atoms with Crippen LogP contribution in [0.2, 0.25) is 23.1 Å². The third kappa shape index (κ3) is 25.7. The molecular formula is C12H32Al2N2O2. The summed E-state index contributed by atoms with van der Waals surface area (Å²) in [5, 5.41) is 0. The van der Waals surface area contributed by atoms with Crippen molar-refractivity contribution in [1.29, 1.82) is 0 Å². The molecule has 0 aliphatic rings. The Kier molecular flexibility index (Phi) is 16.9. The number of hydrogen-bond donors (Lipinski definition) is 0. The summed E-state index contributed by atoms with van der Waals surface area (Å²) in [6, 6.07) is 0. The van der Waals surface area contributed by atoms with Crippen molar-refractivity contribution in [2.75, 3.05) is 54.5 Å². The van der Waals surface area contributed by atoms with Gasteiger partial charge >= 0.3 is 29.0 Å². The van der Waals surface area contributed by atoms with E-state index in [4.69, 9.17) is 7.58 Å². The summed E-state index contributed by atoms with van der Waals surface area (Å²) in [7, 11) is 8.24. The molecule has 0 aliphatic heterocycles.